The maximum Gasteiger partial charge on any atom is 0.131 e. The number of rotatable bonds is 1. The van der Waals surface area contributed by atoms with Crippen LogP contribution in [0.3, 0.4) is 0 Å². The van der Waals surface area contributed by atoms with Crippen molar-refractivity contribution in [3.05, 3.63) is 54.5 Å². The molecule has 3 rings (SSSR count). The predicted octanol–water partition coefficient (Wildman–Crippen LogP) is 3.19. The number of fused-ring (bicyclic) bond motifs is 1. The summed E-state index contributed by atoms with van der Waals surface area (Å²) < 4.78 is 0. The third-order valence-electron chi connectivity index (χ3n) is 3.03. The maximum atomic E-state index is 5.99. The van der Waals surface area contributed by atoms with Crippen LogP contribution in [-0.2, 0) is 0 Å². The molecule has 88 valence electrons. The van der Waals surface area contributed by atoms with Crippen LogP contribution in [0.5, 0.6) is 0 Å². The lowest BCUT2D eigenvalue weighted by molar-refractivity contribution is 1.28. The lowest BCUT2D eigenvalue weighted by Crippen LogP contribution is -1.95. The van der Waals surface area contributed by atoms with Gasteiger partial charge in [-0.05, 0) is 35.6 Å². The van der Waals surface area contributed by atoms with Crippen LogP contribution in [0.1, 0.15) is 5.56 Å². The van der Waals surface area contributed by atoms with Gasteiger partial charge < -0.3 is 5.73 Å². The molecule has 2 aromatic heterocycles. The van der Waals surface area contributed by atoms with E-state index in [1.807, 2.05) is 31.3 Å². The second-order valence-electron chi connectivity index (χ2n) is 4.35. The quantitative estimate of drug-likeness (QED) is 0.704. The molecule has 0 aliphatic rings. The molecule has 0 amide bonds. The Hall–Kier alpha value is -2.42. The zero-order chi connectivity index (χ0) is 12.5. The number of hydrogen-bond acceptors (Lipinski definition) is 3. The summed E-state index contributed by atoms with van der Waals surface area (Å²) in [5.74, 6) is 0.560. The molecule has 1 aromatic carbocycles. The lowest BCUT2D eigenvalue weighted by Gasteiger charge is -2.09. The summed E-state index contributed by atoms with van der Waals surface area (Å²) in [4.78, 5) is 8.36. The molecule has 2 N–H and O–H groups in total. The third kappa shape index (κ3) is 1.70. The fraction of sp³-hybridized carbons (Fsp3) is 0.0667. The second-order valence-corrected chi connectivity index (χ2v) is 4.35. The summed E-state index contributed by atoms with van der Waals surface area (Å²) in [5, 5.41) is 2.25. The number of nitrogen functional groups attached to an aromatic ring is 1. The largest absolute Gasteiger partial charge is 0.383 e. The first-order valence-electron chi connectivity index (χ1n) is 5.81. The van der Waals surface area contributed by atoms with Gasteiger partial charge in [0.05, 0.1) is 0 Å². The zero-order valence-corrected chi connectivity index (χ0v) is 10.1. The van der Waals surface area contributed by atoms with E-state index >= 15 is 0 Å². The van der Waals surface area contributed by atoms with E-state index in [9.17, 15) is 0 Å². The van der Waals surface area contributed by atoms with Gasteiger partial charge in [-0.15, -0.1) is 0 Å². The fourth-order valence-electron chi connectivity index (χ4n) is 2.15. The molecule has 0 radical (unpaired) electrons. The summed E-state index contributed by atoms with van der Waals surface area (Å²) in [6.07, 6.45) is 5.44. The van der Waals surface area contributed by atoms with Crippen LogP contribution in [0, 0.1) is 6.92 Å². The van der Waals surface area contributed by atoms with E-state index in [1.54, 1.807) is 12.4 Å². The van der Waals surface area contributed by atoms with Gasteiger partial charge in [0.25, 0.3) is 0 Å². The van der Waals surface area contributed by atoms with E-state index in [0.29, 0.717) is 5.82 Å². The SMILES string of the molecule is Cc1cnc(N)c(-c2cccc3cnccc23)c1. The van der Waals surface area contributed by atoms with Crippen molar-refractivity contribution in [2.75, 3.05) is 5.73 Å². The fourth-order valence-corrected chi connectivity index (χ4v) is 2.15. The number of aromatic nitrogens is 2. The predicted molar refractivity (Wildman–Crippen MR) is 74.1 cm³/mol. The second kappa shape index (κ2) is 4.11. The maximum absolute atomic E-state index is 5.99. The van der Waals surface area contributed by atoms with E-state index in [0.717, 1.165) is 27.5 Å². The number of pyridine rings is 2. The Balaban J connectivity index is 2.35. The van der Waals surface area contributed by atoms with Gasteiger partial charge >= 0.3 is 0 Å². The van der Waals surface area contributed by atoms with E-state index in [2.05, 4.69) is 22.1 Å². The molecule has 0 atom stereocenters. The zero-order valence-electron chi connectivity index (χ0n) is 10.1. The summed E-state index contributed by atoms with van der Waals surface area (Å²) in [6, 6.07) is 10.2. The number of nitrogens with zero attached hydrogens (tertiary/aromatic N) is 2. The van der Waals surface area contributed by atoms with E-state index in [-0.39, 0.29) is 0 Å². The van der Waals surface area contributed by atoms with Crippen LogP contribution in [0.25, 0.3) is 21.9 Å². The van der Waals surface area contributed by atoms with Gasteiger partial charge in [-0.3, -0.25) is 4.98 Å². The highest BCUT2D eigenvalue weighted by Gasteiger charge is 2.07. The van der Waals surface area contributed by atoms with Crippen molar-refractivity contribution < 1.29 is 0 Å². The smallest absolute Gasteiger partial charge is 0.131 e. The molecule has 0 aliphatic carbocycles. The van der Waals surface area contributed by atoms with Crippen LogP contribution in [-0.4, -0.2) is 9.97 Å². The number of nitrogens with two attached hydrogens (primary N) is 1. The molecule has 0 aliphatic heterocycles. The Morgan fingerprint density at radius 3 is 2.83 bits per heavy atom. The number of benzene rings is 1. The van der Waals surface area contributed by atoms with Crippen molar-refractivity contribution in [2.45, 2.75) is 6.92 Å². The van der Waals surface area contributed by atoms with Gasteiger partial charge in [0, 0.05) is 29.5 Å². The molecule has 3 heteroatoms. The molecular weight excluding hydrogens is 222 g/mol. The van der Waals surface area contributed by atoms with Crippen molar-refractivity contribution >= 4 is 16.6 Å². The van der Waals surface area contributed by atoms with E-state index < -0.39 is 0 Å². The standard InChI is InChI=1S/C15H13N3/c1-10-7-14(15(16)18-8-10)13-4-2-3-11-9-17-6-5-12(11)13/h2-9H,1H3,(H2,16,18). The first kappa shape index (κ1) is 10.7. The number of aryl methyl sites for hydroxylation is 1. The van der Waals surface area contributed by atoms with Gasteiger partial charge in [-0.25, -0.2) is 4.98 Å². The molecule has 3 aromatic rings. The van der Waals surface area contributed by atoms with Crippen molar-refractivity contribution in [3.63, 3.8) is 0 Å². The summed E-state index contributed by atoms with van der Waals surface area (Å²) >= 11 is 0. The van der Waals surface area contributed by atoms with E-state index in [1.165, 1.54) is 0 Å². The molecule has 2 heterocycles. The van der Waals surface area contributed by atoms with Crippen molar-refractivity contribution in [2.24, 2.45) is 0 Å². The van der Waals surface area contributed by atoms with Crippen LogP contribution < -0.4 is 5.73 Å². The van der Waals surface area contributed by atoms with Crippen LogP contribution in [0.2, 0.25) is 0 Å². The normalized spacial score (nSPS) is 10.7. The lowest BCUT2D eigenvalue weighted by atomic mass is 9.99. The first-order valence-corrected chi connectivity index (χ1v) is 5.81. The minimum Gasteiger partial charge on any atom is -0.383 e. The average Bonchev–Trinajstić information content (AvgIpc) is 2.41. The van der Waals surface area contributed by atoms with Crippen LogP contribution >= 0.6 is 0 Å². The average molecular weight is 235 g/mol. The van der Waals surface area contributed by atoms with Gasteiger partial charge in [0.15, 0.2) is 0 Å². The van der Waals surface area contributed by atoms with Crippen LogP contribution in [0.15, 0.2) is 48.9 Å². The van der Waals surface area contributed by atoms with Crippen molar-refractivity contribution in [1.82, 2.24) is 9.97 Å². The Labute approximate surface area is 105 Å². The summed E-state index contributed by atoms with van der Waals surface area (Å²) in [7, 11) is 0. The Morgan fingerprint density at radius 1 is 1.06 bits per heavy atom. The third-order valence-corrected chi connectivity index (χ3v) is 3.03. The van der Waals surface area contributed by atoms with Gasteiger partial charge in [-0.2, -0.15) is 0 Å². The molecule has 0 spiro atoms. The molecular formula is C15H13N3. The molecule has 0 saturated carbocycles. The minimum atomic E-state index is 0.560. The minimum absolute atomic E-state index is 0.560. The summed E-state index contributed by atoms with van der Waals surface area (Å²) in [6.45, 7) is 2.02. The summed E-state index contributed by atoms with van der Waals surface area (Å²) in [5.41, 5.74) is 9.17. The molecule has 0 fully saturated rings. The molecule has 3 nitrogen and oxygen atoms in total. The molecule has 0 unspecified atom stereocenters. The van der Waals surface area contributed by atoms with Gasteiger partial charge in [0.2, 0.25) is 0 Å². The van der Waals surface area contributed by atoms with Gasteiger partial charge in [0.1, 0.15) is 5.82 Å². The highest BCUT2D eigenvalue weighted by molar-refractivity contribution is 5.98. The number of anilines is 1. The van der Waals surface area contributed by atoms with Gasteiger partial charge in [-0.1, -0.05) is 18.2 Å². The Bertz CT molecular complexity index is 715. The van der Waals surface area contributed by atoms with E-state index in [4.69, 9.17) is 5.73 Å². The molecule has 18 heavy (non-hydrogen) atoms. The number of hydrogen-bond donors (Lipinski definition) is 1. The highest BCUT2D eigenvalue weighted by atomic mass is 14.8. The van der Waals surface area contributed by atoms with Crippen molar-refractivity contribution in [1.29, 1.82) is 0 Å². The van der Waals surface area contributed by atoms with Crippen LogP contribution in [0.4, 0.5) is 5.82 Å². The highest BCUT2D eigenvalue weighted by Crippen LogP contribution is 2.31. The Morgan fingerprint density at radius 2 is 1.94 bits per heavy atom. The first-order chi connectivity index (χ1) is 8.75. The Kier molecular flexibility index (Phi) is 2.45. The topological polar surface area (TPSA) is 51.8 Å². The monoisotopic (exact) mass is 235 g/mol. The molecule has 0 saturated heterocycles. The molecule has 0 bridgehead atoms. The van der Waals surface area contributed by atoms with Crippen molar-refractivity contribution in [3.8, 4) is 11.1 Å².